The Morgan fingerprint density at radius 3 is 1.71 bits per heavy atom. The molecule has 2 aromatic carbocycles. The molecule has 1 unspecified atom stereocenters. The van der Waals surface area contributed by atoms with Gasteiger partial charge >= 0.3 is 0 Å². The fraction of sp³-hybridized carbons (Fsp3) is 0.462. The second kappa shape index (κ2) is 10.6. The Kier molecular flexibility index (Phi) is 7.95. The van der Waals surface area contributed by atoms with E-state index in [9.17, 15) is 26.4 Å². The maximum absolute atomic E-state index is 13.8. The molecule has 2 saturated heterocycles. The van der Waals surface area contributed by atoms with Crippen LogP contribution in [0.1, 0.15) is 47.4 Å². The second-order valence-corrected chi connectivity index (χ2v) is 13.8. The molecule has 0 bridgehead atoms. The van der Waals surface area contributed by atoms with Gasteiger partial charge in [0.2, 0.25) is 20.0 Å². The number of Topliss-reactive ketones (excluding diaryl/α,β-unsaturated/α-hetero) is 2. The number of piperidine rings is 1. The fourth-order valence-corrected chi connectivity index (χ4v) is 8.22. The smallest absolute Gasteiger partial charge is 0.245 e. The van der Waals surface area contributed by atoms with E-state index in [1.54, 1.807) is 0 Å². The summed E-state index contributed by atoms with van der Waals surface area (Å²) < 4.78 is 63.3. The van der Waals surface area contributed by atoms with Gasteiger partial charge in [-0.25, -0.2) is 16.8 Å². The molecule has 38 heavy (non-hydrogen) atoms. The third-order valence-corrected chi connectivity index (χ3v) is 10.9. The maximum Gasteiger partial charge on any atom is 0.245 e. The van der Waals surface area contributed by atoms with Crippen molar-refractivity contribution in [3.8, 4) is 0 Å². The third-order valence-electron chi connectivity index (χ3n) is 7.03. The standard InChI is InChI=1S/C26H33N3O7S2/c1-19(30)21-5-9-24(10-6-21)37(32,33)28-15-13-26(14-16-28)29(18-23(36-26)17-27(3)4)38(34,35)25-11-7-22(8-12-25)20(2)31/h5-12,23H,13-18H2,1-4H3. The predicted octanol–water partition coefficient (Wildman–Crippen LogP) is 2.22. The average molecular weight is 564 g/mol. The summed E-state index contributed by atoms with van der Waals surface area (Å²) in [7, 11) is -4.09. The number of carbonyl (C=O) groups is 2. The van der Waals surface area contributed by atoms with Crippen molar-refractivity contribution in [3.05, 3.63) is 59.7 Å². The van der Waals surface area contributed by atoms with Crippen molar-refractivity contribution in [1.82, 2.24) is 13.5 Å². The minimum Gasteiger partial charge on any atom is -0.353 e. The van der Waals surface area contributed by atoms with E-state index in [0.29, 0.717) is 17.7 Å². The summed E-state index contributed by atoms with van der Waals surface area (Å²) in [6, 6.07) is 11.6. The van der Waals surface area contributed by atoms with Crippen molar-refractivity contribution < 1.29 is 31.2 Å². The Morgan fingerprint density at radius 1 is 0.842 bits per heavy atom. The minimum absolute atomic E-state index is 0.0524. The summed E-state index contributed by atoms with van der Waals surface area (Å²) in [5.41, 5.74) is -0.356. The van der Waals surface area contributed by atoms with E-state index < -0.39 is 31.9 Å². The molecule has 4 rings (SSSR count). The van der Waals surface area contributed by atoms with Gasteiger partial charge < -0.3 is 9.64 Å². The second-order valence-electron chi connectivity index (χ2n) is 10.0. The number of nitrogens with zero attached hydrogens (tertiary/aromatic N) is 3. The molecule has 1 atom stereocenters. The number of likely N-dealkylation sites (N-methyl/N-ethyl adjacent to an activating group) is 1. The Morgan fingerprint density at radius 2 is 1.29 bits per heavy atom. The molecule has 2 heterocycles. The van der Waals surface area contributed by atoms with Crippen LogP contribution >= 0.6 is 0 Å². The van der Waals surface area contributed by atoms with E-state index in [1.165, 1.54) is 71.0 Å². The van der Waals surface area contributed by atoms with Gasteiger partial charge in [0.25, 0.3) is 0 Å². The molecule has 0 radical (unpaired) electrons. The zero-order valence-electron chi connectivity index (χ0n) is 22.0. The molecule has 2 aromatic rings. The molecule has 0 amide bonds. The van der Waals surface area contributed by atoms with Crippen LogP contribution in [-0.2, 0) is 24.8 Å². The average Bonchev–Trinajstić information content (AvgIpc) is 3.21. The molecular formula is C26H33N3O7S2. The highest BCUT2D eigenvalue weighted by atomic mass is 32.2. The molecule has 0 saturated carbocycles. The van der Waals surface area contributed by atoms with Crippen molar-refractivity contribution in [2.75, 3.05) is 40.3 Å². The summed E-state index contributed by atoms with van der Waals surface area (Å²) in [5, 5.41) is 0. The summed E-state index contributed by atoms with van der Waals surface area (Å²) >= 11 is 0. The van der Waals surface area contributed by atoms with Crippen molar-refractivity contribution in [2.24, 2.45) is 0 Å². The highest BCUT2D eigenvalue weighted by molar-refractivity contribution is 7.89. The van der Waals surface area contributed by atoms with Crippen LogP contribution in [-0.4, -0.2) is 94.0 Å². The Bertz CT molecular complexity index is 1410. The lowest BCUT2D eigenvalue weighted by Crippen LogP contribution is -2.55. The number of ketones is 2. The fourth-order valence-electron chi connectivity index (χ4n) is 5.02. The lowest BCUT2D eigenvalue weighted by molar-refractivity contribution is -0.108. The molecule has 2 fully saturated rings. The Labute approximate surface area is 224 Å². The summed E-state index contributed by atoms with van der Waals surface area (Å²) in [6.07, 6.45) is -0.0719. The lowest BCUT2D eigenvalue weighted by Gasteiger charge is -2.42. The number of rotatable bonds is 8. The van der Waals surface area contributed by atoms with Gasteiger partial charge in [0, 0.05) is 50.1 Å². The van der Waals surface area contributed by atoms with Crippen LogP contribution in [0.15, 0.2) is 58.3 Å². The normalized spacial score (nSPS) is 20.7. The van der Waals surface area contributed by atoms with Gasteiger partial charge in [0.1, 0.15) is 5.72 Å². The van der Waals surface area contributed by atoms with Crippen molar-refractivity contribution in [1.29, 1.82) is 0 Å². The predicted molar refractivity (Wildman–Crippen MR) is 141 cm³/mol. The maximum atomic E-state index is 13.8. The topological polar surface area (TPSA) is 121 Å². The highest BCUT2D eigenvalue weighted by Gasteiger charge is 2.54. The van der Waals surface area contributed by atoms with Gasteiger partial charge in [-0.1, -0.05) is 24.3 Å². The largest absolute Gasteiger partial charge is 0.353 e. The Balaban J connectivity index is 1.60. The summed E-state index contributed by atoms with van der Waals surface area (Å²) in [6.45, 7) is 3.60. The van der Waals surface area contributed by atoms with Crippen molar-refractivity contribution in [3.63, 3.8) is 0 Å². The number of benzene rings is 2. The monoisotopic (exact) mass is 563 g/mol. The lowest BCUT2D eigenvalue weighted by atomic mass is 10.0. The van der Waals surface area contributed by atoms with E-state index in [2.05, 4.69) is 0 Å². The van der Waals surface area contributed by atoms with E-state index in [4.69, 9.17) is 4.74 Å². The van der Waals surface area contributed by atoms with Crippen LogP contribution in [0.25, 0.3) is 0 Å². The van der Waals surface area contributed by atoms with E-state index in [1.807, 2.05) is 19.0 Å². The molecule has 206 valence electrons. The number of sulfonamides is 2. The van der Waals surface area contributed by atoms with Gasteiger partial charge in [-0.05, 0) is 52.2 Å². The first kappa shape index (κ1) is 28.5. The quantitative estimate of drug-likeness (QED) is 0.449. The van der Waals surface area contributed by atoms with Gasteiger partial charge in [-0.15, -0.1) is 0 Å². The van der Waals surface area contributed by atoms with Crippen LogP contribution in [0.2, 0.25) is 0 Å². The molecule has 2 aliphatic heterocycles. The molecule has 1 spiro atoms. The van der Waals surface area contributed by atoms with Crippen LogP contribution in [0.3, 0.4) is 0 Å². The molecule has 0 N–H and O–H groups in total. The van der Waals surface area contributed by atoms with E-state index >= 15 is 0 Å². The van der Waals surface area contributed by atoms with E-state index in [-0.39, 0.29) is 53.8 Å². The number of hydrogen-bond donors (Lipinski definition) is 0. The Hall–Kier alpha value is -2.48. The molecule has 12 heteroatoms. The van der Waals surface area contributed by atoms with Crippen molar-refractivity contribution in [2.45, 2.75) is 48.3 Å². The van der Waals surface area contributed by atoms with E-state index in [0.717, 1.165) is 0 Å². The molecule has 0 aliphatic carbocycles. The van der Waals surface area contributed by atoms with Crippen LogP contribution < -0.4 is 0 Å². The first-order valence-electron chi connectivity index (χ1n) is 12.3. The highest BCUT2D eigenvalue weighted by Crippen LogP contribution is 2.41. The van der Waals surface area contributed by atoms with Gasteiger partial charge in [0.05, 0.1) is 15.9 Å². The van der Waals surface area contributed by atoms with Crippen LogP contribution in [0, 0.1) is 0 Å². The van der Waals surface area contributed by atoms with Gasteiger partial charge in [-0.3, -0.25) is 9.59 Å². The number of ether oxygens (including phenoxy) is 1. The zero-order chi connectivity index (χ0) is 27.9. The third kappa shape index (κ3) is 5.47. The molecule has 0 aromatic heterocycles. The summed E-state index contributed by atoms with van der Waals surface area (Å²) in [5.74, 6) is -0.317. The molecule has 10 nitrogen and oxygen atoms in total. The first-order chi connectivity index (χ1) is 17.8. The van der Waals surface area contributed by atoms with Crippen molar-refractivity contribution >= 4 is 31.6 Å². The molecular weight excluding hydrogens is 530 g/mol. The van der Waals surface area contributed by atoms with Gasteiger partial charge in [0.15, 0.2) is 11.6 Å². The minimum atomic E-state index is -4.00. The first-order valence-corrected chi connectivity index (χ1v) is 15.2. The number of carbonyl (C=O) groups excluding carboxylic acids is 2. The summed E-state index contributed by atoms with van der Waals surface area (Å²) in [4.78, 5) is 25.3. The molecule has 2 aliphatic rings. The number of hydrogen-bond acceptors (Lipinski definition) is 8. The SMILES string of the molecule is CC(=O)c1ccc(S(=O)(=O)N2CCC3(CC2)OC(CN(C)C)CN3S(=O)(=O)c2ccc(C(C)=O)cc2)cc1. The van der Waals surface area contributed by atoms with Crippen LogP contribution in [0.5, 0.6) is 0 Å². The van der Waals surface area contributed by atoms with Crippen LogP contribution in [0.4, 0.5) is 0 Å². The zero-order valence-corrected chi connectivity index (χ0v) is 23.6. The van der Waals surface area contributed by atoms with Gasteiger partial charge in [-0.2, -0.15) is 8.61 Å².